The lowest BCUT2D eigenvalue weighted by atomic mass is 9.94. The number of hydrogen-bond acceptors (Lipinski definition) is 7. The molecule has 2 aliphatic rings. The van der Waals surface area contributed by atoms with Crippen LogP contribution in [0.15, 0.2) is 22.6 Å². The predicted molar refractivity (Wildman–Crippen MR) is 120 cm³/mol. The number of rotatable bonds is 8. The van der Waals surface area contributed by atoms with Crippen LogP contribution in [-0.2, 0) is 6.54 Å². The normalized spacial score (nSPS) is 20.5. The first-order valence-electron chi connectivity index (χ1n) is 11.8. The molecule has 2 amide bonds. The quantitative estimate of drug-likeness (QED) is 0.516. The summed E-state index contributed by atoms with van der Waals surface area (Å²) < 4.78 is 60.9. The first-order valence-corrected chi connectivity index (χ1v) is 11.8. The topological polar surface area (TPSA) is 104 Å². The second-order valence-corrected chi connectivity index (χ2v) is 9.52. The lowest BCUT2D eigenvalue weighted by molar-refractivity contribution is -0.274. The van der Waals surface area contributed by atoms with E-state index in [1.165, 1.54) is 0 Å². The molecule has 4 rings (SSSR count). The van der Waals surface area contributed by atoms with Crippen molar-refractivity contribution in [3.8, 4) is 5.75 Å². The number of hydrogen-bond donors (Lipinski definition) is 2. The molecule has 1 aromatic carbocycles. The van der Waals surface area contributed by atoms with Crippen molar-refractivity contribution < 1.29 is 36.6 Å². The standard InChI is InChI=1S/C23H29F4N5O4/c1-13(2)20-29-30-22(35-20)31-10-14(12-33)7-17(11-31)32(16-4-5-16)21(34)28-9-15-3-6-18(8-19(15)24)36-23(25,26)27/h3,6,8,13-14,16-17,33H,4-5,7,9-12H2,1-2H3,(H,28,34)/t14-,17+/m0/s1. The number of amides is 2. The molecule has 36 heavy (non-hydrogen) atoms. The van der Waals surface area contributed by atoms with E-state index < -0.39 is 24.0 Å². The summed E-state index contributed by atoms with van der Waals surface area (Å²) in [5.41, 5.74) is 0.0270. The largest absolute Gasteiger partial charge is 0.573 e. The van der Waals surface area contributed by atoms with Gasteiger partial charge in [0, 0.05) is 55.7 Å². The molecule has 0 bridgehead atoms. The van der Waals surface area contributed by atoms with Gasteiger partial charge in [0.25, 0.3) is 0 Å². The number of urea groups is 1. The monoisotopic (exact) mass is 515 g/mol. The number of nitrogens with one attached hydrogen (secondary N) is 1. The van der Waals surface area contributed by atoms with Gasteiger partial charge >= 0.3 is 18.4 Å². The van der Waals surface area contributed by atoms with Crippen LogP contribution < -0.4 is 15.0 Å². The minimum Gasteiger partial charge on any atom is -0.408 e. The lowest BCUT2D eigenvalue weighted by Crippen LogP contribution is -2.56. The zero-order valence-electron chi connectivity index (χ0n) is 20.0. The molecule has 198 valence electrons. The van der Waals surface area contributed by atoms with Crippen LogP contribution in [0, 0.1) is 11.7 Å². The number of piperidine rings is 1. The third-order valence-electron chi connectivity index (χ3n) is 6.22. The summed E-state index contributed by atoms with van der Waals surface area (Å²) in [6, 6.07) is 2.45. The number of aromatic nitrogens is 2. The second kappa shape index (κ2) is 10.5. The zero-order chi connectivity index (χ0) is 26.0. The molecule has 9 nitrogen and oxygen atoms in total. The smallest absolute Gasteiger partial charge is 0.408 e. The summed E-state index contributed by atoms with van der Waals surface area (Å²) >= 11 is 0. The Morgan fingerprint density at radius 2 is 2.03 bits per heavy atom. The van der Waals surface area contributed by atoms with Crippen molar-refractivity contribution in [3.05, 3.63) is 35.5 Å². The SMILES string of the molecule is CC(C)c1nnc(N2C[C@@H](CO)C[C@@H](N(C(=O)NCc3ccc(OC(F)(F)F)cc3F)C3CC3)C2)o1. The van der Waals surface area contributed by atoms with E-state index in [1.54, 1.807) is 4.90 Å². The zero-order valence-corrected chi connectivity index (χ0v) is 20.0. The van der Waals surface area contributed by atoms with E-state index >= 15 is 0 Å². The van der Waals surface area contributed by atoms with Gasteiger partial charge in [-0.25, -0.2) is 9.18 Å². The third-order valence-corrected chi connectivity index (χ3v) is 6.22. The first-order chi connectivity index (χ1) is 17.0. The number of benzene rings is 1. The molecular weight excluding hydrogens is 486 g/mol. The average molecular weight is 516 g/mol. The molecule has 1 aromatic heterocycles. The summed E-state index contributed by atoms with van der Waals surface area (Å²) in [6.07, 6.45) is -2.71. The number of alkyl halides is 3. The fourth-order valence-electron chi connectivity index (χ4n) is 4.37. The molecule has 1 aliphatic carbocycles. The molecule has 1 aliphatic heterocycles. The van der Waals surface area contributed by atoms with E-state index in [-0.39, 0.29) is 42.6 Å². The van der Waals surface area contributed by atoms with Crippen LogP contribution in [0.3, 0.4) is 0 Å². The Bertz CT molecular complexity index is 1060. The van der Waals surface area contributed by atoms with Crippen LogP contribution in [0.4, 0.5) is 28.4 Å². The second-order valence-electron chi connectivity index (χ2n) is 9.52. The summed E-state index contributed by atoms with van der Waals surface area (Å²) in [5.74, 6) is -1.15. The van der Waals surface area contributed by atoms with Gasteiger partial charge in [-0.3, -0.25) is 0 Å². The highest BCUT2D eigenvalue weighted by atomic mass is 19.4. The van der Waals surface area contributed by atoms with Crippen molar-refractivity contribution in [2.24, 2.45) is 5.92 Å². The Morgan fingerprint density at radius 1 is 1.28 bits per heavy atom. The van der Waals surface area contributed by atoms with Crippen LogP contribution in [0.25, 0.3) is 0 Å². The molecular formula is C23H29F4N5O4. The fraction of sp³-hybridized carbons (Fsp3) is 0.609. The number of aliphatic hydroxyl groups is 1. The van der Waals surface area contributed by atoms with Gasteiger partial charge in [-0.1, -0.05) is 25.0 Å². The average Bonchev–Trinajstić information content (AvgIpc) is 3.50. The maximum atomic E-state index is 14.3. The highest BCUT2D eigenvalue weighted by molar-refractivity contribution is 5.75. The van der Waals surface area contributed by atoms with Gasteiger partial charge in [-0.15, -0.1) is 18.3 Å². The van der Waals surface area contributed by atoms with Gasteiger partial charge in [0.15, 0.2) is 0 Å². The number of aliphatic hydroxyl groups excluding tert-OH is 1. The number of ether oxygens (including phenoxy) is 1. The van der Waals surface area contributed by atoms with E-state index in [0.29, 0.717) is 37.5 Å². The van der Waals surface area contributed by atoms with Crippen LogP contribution >= 0.6 is 0 Å². The van der Waals surface area contributed by atoms with E-state index in [9.17, 15) is 27.5 Å². The number of carbonyl (C=O) groups excluding carboxylic acids is 1. The summed E-state index contributed by atoms with van der Waals surface area (Å²) in [4.78, 5) is 16.8. The Balaban J connectivity index is 1.44. The van der Waals surface area contributed by atoms with E-state index in [1.807, 2.05) is 18.7 Å². The Morgan fingerprint density at radius 3 is 2.61 bits per heavy atom. The molecule has 0 radical (unpaired) electrons. The molecule has 2 N–H and O–H groups in total. The van der Waals surface area contributed by atoms with Gasteiger partial charge < -0.3 is 29.4 Å². The van der Waals surface area contributed by atoms with Gasteiger partial charge in [-0.05, 0) is 25.3 Å². The van der Waals surface area contributed by atoms with Crippen molar-refractivity contribution in [1.82, 2.24) is 20.4 Å². The number of anilines is 1. The van der Waals surface area contributed by atoms with E-state index in [2.05, 4.69) is 20.3 Å². The molecule has 13 heteroatoms. The van der Waals surface area contributed by atoms with E-state index in [0.717, 1.165) is 25.0 Å². The maximum absolute atomic E-state index is 14.3. The summed E-state index contributed by atoms with van der Waals surface area (Å²) in [6.45, 7) is 4.52. The molecule has 2 atom stereocenters. The van der Waals surface area contributed by atoms with Crippen molar-refractivity contribution in [1.29, 1.82) is 0 Å². The van der Waals surface area contributed by atoms with Crippen LogP contribution in [0.1, 0.15) is 50.5 Å². The minimum atomic E-state index is -4.93. The van der Waals surface area contributed by atoms with Crippen molar-refractivity contribution in [2.75, 3.05) is 24.6 Å². The summed E-state index contributed by atoms with van der Waals surface area (Å²) in [5, 5.41) is 20.8. The summed E-state index contributed by atoms with van der Waals surface area (Å²) in [7, 11) is 0. The van der Waals surface area contributed by atoms with Gasteiger partial charge in [0.1, 0.15) is 11.6 Å². The lowest BCUT2D eigenvalue weighted by Gasteiger charge is -2.41. The molecule has 1 saturated heterocycles. The highest BCUT2D eigenvalue weighted by Crippen LogP contribution is 2.34. The maximum Gasteiger partial charge on any atom is 0.573 e. The van der Waals surface area contributed by atoms with Crippen molar-refractivity contribution in [3.63, 3.8) is 0 Å². The molecule has 1 saturated carbocycles. The molecule has 0 spiro atoms. The molecule has 0 unspecified atom stereocenters. The van der Waals surface area contributed by atoms with E-state index in [4.69, 9.17) is 4.42 Å². The third kappa shape index (κ3) is 6.37. The molecule has 2 heterocycles. The molecule has 2 fully saturated rings. The number of carbonyl (C=O) groups is 1. The van der Waals surface area contributed by atoms with Crippen LogP contribution in [0.5, 0.6) is 5.75 Å². The van der Waals surface area contributed by atoms with Crippen LogP contribution in [-0.4, -0.2) is 64.4 Å². The predicted octanol–water partition coefficient (Wildman–Crippen LogP) is 3.79. The Kier molecular flexibility index (Phi) is 7.57. The Labute approximate surface area is 205 Å². The highest BCUT2D eigenvalue weighted by Gasteiger charge is 2.42. The Hall–Kier alpha value is -3.09. The number of nitrogens with zero attached hydrogens (tertiary/aromatic N) is 4. The fourth-order valence-corrected chi connectivity index (χ4v) is 4.37. The van der Waals surface area contributed by atoms with Crippen LogP contribution in [0.2, 0.25) is 0 Å². The van der Waals surface area contributed by atoms with Gasteiger partial charge in [0.2, 0.25) is 5.89 Å². The van der Waals surface area contributed by atoms with Gasteiger partial charge in [-0.2, -0.15) is 0 Å². The first kappa shape index (κ1) is 26.0. The van der Waals surface area contributed by atoms with Crippen molar-refractivity contribution in [2.45, 2.75) is 64.0 Å². The minimum absolute atomic E-state index is 0.00983. The van der Waals surface area contributed by atoms with Gasteiger partial charge in [0.05, 0.1) is 6.04 Å². The molecule has 2 aromatic rings. The number of halogens is 4. The van der Waals surface area contributed by atoms with Crippen molar-refractivity contribution >= 4 is 12.0 Å².